The molecule has 0 aliphatic heterocycles. The highest BCUT2D eigenvalue weighted by atomic mass is 19.1. The van der Waals surface area contributed by atoms with Gasteiger partial charge in [0.25, 0.3) is 0 Å². The summed E-state index contributed by atoms with van der Waals surface area (Å²) in [4.78, 5) is 22.8. The molecule has 0 aromatic rings. The average Bonchev–Trinajstić information content (AvgIpc) is 2.59. The second-order valence-corrected chi connectivity index (χ2v) is 5.86. The first-order valence-electron chi connectivity index (χ1n) is 8.84. The molecule has 8 heteroatoms. The lowest BCUT2D eigenvalue weighted by molar-refractivity contribution is -0.125. The molecule has 0 aliphatic carbocycles. The Morgan fingerprint density at radius 3 is 2.52 bits per heavy atom. The minimum absolute atomic E-state index is 0.0227. The summed E-state index contributed by atoms with van der Waals surface area (Å²) >= 11 is 0. The first-order valence-corrected chi connectivity index (χ1v) is 8.84. The monoisotopic (exact) mass is 364 g/mol. The van der Waals surface area contributed by atoms with Crippen LogP contribution in [-0.2, 0) is 23.8 Å². The molecule has 2 atom stereocenters. The van der Waals surface area contributed by atoms with Crippen molar-refractivity contribution in [3.8, 4) is 0 Å². The Kier molecular flexibility index (Phi) is 15.4. The molecule has 25 heavy (non-hydrogen) atoms. The Balaban J connectivity index is 3.47. The third kappa shape index (κ3) is 14.8. The zero-order valence-electron chi connectivity index (χ0n) is 15.6. The summed E-state index contributed by atoms with van der Waals surface area (Å²) in [5, 5.41) is 5.22. The lowest BCUT2D eigenvalue weighted by atomic mass is 10.0. The number of rotatable bonds is 16. The number of amides is 2. The number of halogens is 1. The van der Waals surface area contributed by atoms with Crippen molar-refractivity contribution in [3.63, 3.8) is 0 Å². The minimum atomic E-state index is -1.24. The molecule has 0 fully saturated rings. The molecular weight excluding hydrogens is 331 g/mol. The van der Waals surface area contributed by atoms with Crippen LogP contribution >= 0.6 is 0 Å². The van der Waals surface area contributed by atoms with Crippen LogP contribution in [0, 0.1) is 5.92 Å². The first kappa shape index (κ1) is 23.8. The number of nitrogens with one attached hydrogen (secondary N) is 2. The van der Waals surface area contributed by atoms with Crippen LogP contribution in [0.5, 0.6) is 0 Å². The van der Waals surface area contributed by atoms with E-state index in [1.807, 2.05) is 6.92 Å². The van der Waals surface area contributed by atoms with E-state index in [1.165, 1.54) is 7.11 Å². The second kappa shape index (κ2) is 16.2. The van der Waals surface area contributed by atoms with Crippen molar-refractivity contribution in [2.45, 2.75) is 39.3 Å². The highest BCUT2D eigenvalue weighted by molar-refractivity contribution is 5.78. The quantitative estimate of drug-likeness (QED) is 0.400. The fourth-order valence-corrected chi connectivity index (χ4v) is 1.96. The summed E-state index contributed by atoms with van der Waals surface area (Å²) in [5.74, 6) is -0.408. The van der Waals surface area contributed by atoms with Crippen LogP contribution in [0.3, 0.4) is 0 Å². The maximum Gasteiger partial charge on any atom is 0.246 e. The Hall–Kier alpha value is -1.25. The van der Waals surface area contributed by atoms with Gasteiger partial charge in [-0.2, -0.15) is 0 Å². The summed E-state index contributed by atoms with van der Waals surface area (Å²) in [7, 11) is 1.45. The van der Waals surface area contributed by atoms with E-state index in [0.29, 0.717) is 19.8 Å². The Labute approximate surface area is 150 Å². The molecule has 0 radical (unpaired) electrons. The summed E-state index contributed by atoms with van der Waals surface area (Å²) in [6, 6.07) is 0. The number of hydrogen-bond acceptors (Lipinski definition) is 5. The zero-order chi connectivity index (χ0) is 18.9. The van der Waals surface area contributed by atoms with Gasteiger partial charge in [-0.1, -0.05) is 26.7 Å². The molecule has 2 amide bonds. The van der Waals surface area contributed by atoms with E-state index >= 15 is 0 Å². The number of unbranched alkanes of at least 4 members (excludes halogenated alkanes) is 1. The summed E-state index contributed by atoms with van der Waals surface area (Å²) < 4.78 is 28.7. The van der Waals surface area contributed by atoms with Gasteiger partial charge in [0.15, 0.2) is 0 Å². The van der Waals surface area contributed by atoms with Crippen molar-refractivity contribution in [2.24, 2.45) is 5.92 Å². The summed E-state index contributed by atoms with van der Waals surface area (Å²) in [6.07, 6.45) is 1.61. The maximum absolute atomic E-state index is 13.6. The van der Waals surface area contributed by atoms with Crippen LogP contribution in [0.4, 0.5) is 4.39 Å². The number of carbonyl (C=O) groups is 2. The van der Waals surface area contributed by atoms with Crippen molar-refractivity contribution in [3.05, 3.63) is 0 Å². The standard InChI is InChI=1S/C17H33FN2O5/c1-4-5-6-14(2)17(22)20-11-15(18)12-25-10-9-24-8-7-19-16(21)13-23-3/h14-15H,4-13H2,1-3H3,(H,19,21)(H,20,22). The predicted octanol–water partition coefficient (Wildman–Crippen LogP) is 1.06. The van der Waals surface area contributed by atoms with Gasteiger partial charge in [-0.25, -0.2) is 4.39 Å². The molecule has 0 aromatic carbocycles. The SMILES string of the molecule is CCCCC(C)C(=O)NCC(F)COCCOCCNC(=O)COC. The molecule has 2 N–H and O–H groups in total. The van der Waals surface area contributed by atoms with Crippen LogP contribution in [-0.4, -0.2) is 71.2 Å². The summed E-state index contributed by atoms with van der Waals surface area (Å²) in [6.45, 7) is 5.12. The molecule has 0 rings (SSSR count). The molecule has 0 bridgehead atoms. The molecule has 148 valence electrons. The van der Waals surface area contributed by atoms with Gasteiger partial charge in [0, 0.05) is 19.6 Å². The van der Waals surface area contributed by atoms with Gasteiger partial charge in [-0.3, -0.25) is 9.59 Å². The predicted molar refractivity (Wildman–Crippen MR) is 93.1 cm³/mol. The lowest BCUT2D eigenvalue weighted by Crippen LogP contribution is -2.35. The number of hydrogen-bond donors (Lipinski definition) is 2. The number of alkyl halides is 1. The van der Waals surface area contributed by atoms with Gasteiger partial charge in [0.1, 0.15) is 12.8 Å². The highest BCUT2D eigenvalue weighted by Gasteiger charge is 2.14. The molecule has 0 saturated carbocycles. The van der Waals surface area contributed by atoms with Crippen molar-refractivity contribution in [1.82, 2.24) is 10.6 Å². The first-order chi connectivity index (χ1) is 12.0. The largest absolute Gasteiger partial charge is 0.377 e. The maximum atomic E-state index is 13.6. The smallest absolute Gasteiger partial charge is 0.246 e. The summed E-state index contributed by atoms with van der Waals surface area (Å²) in [5.41, 5.74) is 0. The molecule has 0 saturated heterocycles. The molecule has 2 unspecified atom stereocenters. The van der Waals surface area contributed by atoms with Gasteiger partial charge in [0.05, 0.1) is 33.0 Å². The second-order valence-electron chi connectivity index (χ2n) is 5.86. The van der Waals surface area contributed by atoms with Crippen LogP contribution in [0.25, 0.3) is 0 Å². The van der Waals surface area contributed by atoms with Crippen LogP contribution < -0.4 is 10.6 Å². The normalized spacial score (nSPS) is 13.3. The van der Waals surface area contributed by atoms with Crippen molar-refractivity contribution < 1.29 is 28.2 Å². The molecular formula is C17H33FN2O5. The van der Waals surface area contributed by atoms with Crippen molar-refractivity contribution in [1.29, 1.82) is 0 Å². The van der Waals surface area contributed by atoms with Gasteiger partial charge in [0.2, 0.25) is 11.8 Å². The fraction of sp³-hybridized carbons (Fsp3) is 0.882. The Bertz CT molecular complexity index is 358. The number of carbonyl (C=O) groups excluding carboxylic acids is 2. The Morgan fingerprint density at radius 1 is 1.12 bits per heavy atom. The van der Waals surface area contributed by atoms with E-state index in [-0.39, 0.29) is 44.1 Å². The fourth-order valence-electron chi connectivity index (χ4n) is 1.96. The molecule has 0 aliphatic rings. The molecule has 0 aromatic heterocycles. The van der Waals surface area contributed by atoms with Gasteiger partial charge >= 0.3 is 0 Å². The van der Waals surface area contributed by atoms with E-state index in [1.54, 1.807) is 0 Å². The van der Waals surface area contributed by atoms with Gasteiger partial charge < -0.3 is 24.8 Å². The van der Waals surface area contributed by atoms with E-state index in [2.05, 4.69) is 22.3 Å². The van der Waals surface area contributed by atoms with E-state index in [4.69, 9.17) is 9.47 Å². The van der Waals surface area contributed by atoms with Crippen LogP contribution in [0.15, 0.2) is 0 Å². The van der Waals surface area contributed by atoms with Crippen LogP contribution in [0.1, 0.15) is 33.1 Å². The molecule has 0 spiro atoms. The zero-order valence-corrected chi connectivity index (χ0v) is 15.6. The molecule has 0 heterocycles. The van der Waals surface area contributed by atoms with Crippen molar-refractivity contribution >= 4 is 11.8 Å². The lowest BCUT2D eigenvalue weighted by Gasteiger charge is -2.14. The Morgan fingerprint density at radius 2 is 1.84 bits per heavy atom. The van der Waals surface area contributed by atoms with Crippen molar-refractivity contribution in [2.75, 3.05) is 53.2 Å². The van der Waals surface area contributed by atoms with Gasteiger partial charge in [-0.05, 0) is 6.42 Å². The topological polar surface area (TPSA) is 85.9 Å². The third-order valence-corrected chi connectivity index (χ3v) is 3.45. The third-order valence-electron chi connectivity index (χ3n) is 3.45. The van der Waals surface area contributed by atoms with Gasteiger partial charge in [-0.15, -0.1) is 0 Å². The molecule has 7 nitrogen and oxygen atoms in total. The number of ether oxygens (including phenoxy) is 3. The average molecular weight is 364 g/mol. The minimum Gasteiger partial charge on any atom is -0.377 e. The van der Waals surface area contributed by atoms with E-state index in [9.17, 15) is 14.0 Å². The van der Waals surface area contributed by atoms with Crippen LogP contribution in [0.2, 0.25) is 0 Å². The highest BCUT2D eigenvalue weighted by Crippen LogP contribution is 2.07. The number of methoxy groups -OCH3 is 1. The van der Waals surface area contributed by atoms with E-state index < -0.39 is 6.17 Å². The van der Waals surface area contributed by atoms with E-state index in [0.717, 1.165) is 19.3 Å².